The number of nitrogens with zero attached hydrogens (tertiary/aromatic N) is 2. The van der Waals surface area contributed by atoms with Gasteiger partial charge < -0.3 is 4.90 Å². The lowest BCUT2D eigenvalue weighted by atomic mass is 10.0. The van der Waals surface area contributed by atoms with E-state index >= 15 is 0 Å². The van der Waals surface area contributed by atoms with Gasteiger partial charge in [-0.3, -0.25) is 9.78 Å². The van der Waals surface area contributed by atoms with E-state index in [1.165, 1.54) is 18.5 Å². The Morgan fingerprint density at radius 2 is 2.04 bits per heavy atom. The third kappa shape index (κ3) is 3.39. The van der Waals surface area contributed by atoms with E-state index in [9.17, 15) is 21.6 Å². The van der Waals surface area contributed by atoms with Crippen LogP contribution in [0.15, 0.2) is 39.0 Å². The summed E-state index contributed by atoms with van der Waals surface area (Å²) in [6.45, 7) is 2.13. The summed E-state index contributed by atoms with van der Waals surface area (Å²) in [5, 5.41) is 5.16. The highest BCUT2D eigenvalue weighted by Crippen LogP contribution is 2.42. The zero-order chi connectivity index (χ0) is 19.1. The molecule has 2 N–H and O–H groups in total. The number of rotatable bonds is 4. The summed E-state index contributed by atoms with van der Waals surface area (Å²) in [7, 11) is -7.63. The summed E-state index contributed by atoms with van der Waals surface area (Å²) < 4.78 is 47.8. The molecule has 1 aliphatic heterocycles. The summed E-state index contributed by atoms with van der Waals surface area (Å²) in [5.41, 5.74) is 0.744. The van der Waals surface area contributed by atoms with E-state index in [2.05, 4.69) is 4.98 Å². The van der Waals surface area contributed by atoms with Gasteiger partial charge in [-0.15, -0.1) is 11.3 Å². The summed E-state index contributed by atoms with van der Waals surface area (Å²) in [6.07, 6.45) is 3.20. The number of fused-ring (bicyclic) bond motifs is 1. The molecule has 11 heteroatoms. The number of primary sulfonamides is 1. The average molecular weight is 416 g/mol. The Morgan fingerprint density at radius 3 is 2.62 bits per heavy atom. The van der Waals surface area contributed by atoms with Crippen LogP contribution in [0.1, 0.15) is 35.3 Å². The van der Waals surface area contributed by atoms with E-state index in [0.29, 0.717) is 29.0 Å². The van der Waals surface area contributed by atoms with Gasteiger partial charge in [0.1, 0.15) is 8.42 Å². The summed E-state index contributed by atoms with van der Waals surface area (Å²) in [5.74, 6) is -0.427. The molecular formula is C15H17N3O5S3. The number of pyridine rings is 1. The summed E-state index contributed by atoms with van der Waals surface area (Å²) in [6, 6.07) is 3.90. The molecule has 8 nitrogen and oxygen atoms in total. The molecule has 0 spiro atoms. The van der Waals surface area contributed by atoms with Crippen molar-refractivity contribution in [2.24, 2.45) is 5.14 Å². The molecule has 3 rings (SSSR count). The van der Waals surface area contributed by atoms with Gasteiger partial charge in [-0.2, -0.15) is 0 Å². The number of sulfone groups is 1. The Labute approximate surface area is 155 Å². The first kappa shape index (κ1) is 19.0. The van der Waals surface area contributed by atoms with Crippen LogP contribution in [0, 0.1) is 0 Å². The van der Waals surface area contributed by atoms with Crippen LogP contribution in [-0.2, 0) is 19.9 Å². The van der Waals surface area contributed by atoms with Crippen molar-refractivity contribution in [2.75, 3.05) is 12.3 Å². The minimum Gasteiger partial charge on any atom is -0.332 e. The van der Waals surface area contributed by atoms with Crippen LogP contribution in [0.5, 0.6) is 0 Å². The van der Waals surface area contributed by atoms with Crippen LogP contribution in [0.3, 0.4) is 0 Å². The highest BCUT2D eigenvalue weighted by molar-refractivity contribution is 7.95. The predicted octanol–water partition coefficient (Wildman–Crippen LogP) is 1.17. The van der Waals surface area contributed by atoms with E-state index < -0.39 is 25.9 Å². The molecule has 0 aromatic carbocycles. The van der Waals surface area contributed by atoms with E-state index in [1.54, 1.807) is 24.0 Å². The van der Waals surface area contributed by atoms with Gasteiger partial charge in [-0.1, -0.05) is 0 Å². The third-order valence-corrected chi connectivity index (χ3v) is 9.14. The molecule has 1 atom stereocenters. The fourth-order valence-corrected chi connectivity index (χ4v) is 7.13. The maximum Gasteiger partial charge on any atom is 0.254 e. The Kier molecular flexibility index (Phi) is 4.90. The first-order chi connectivity index (χ1) is 12.1. The second kappa shape index (κ2) is 6.72. The summed E-state index contributed by atoms with van der Waals surface area (Å²) in [4.78, 5) is 18.3. The second-order valence-electron chi connectivity index (χ2n) is 5.80. The van der Waals surface area contributed by atoms with Gasteiger partial charge in [0, 0.05) is 30.1 Å². The maximum absolute atomic E-state index is 12.9. The van der Waals surface area contributed by atoms with Crippen molar-refractivity contribution in [1.29, 1.82) is 0 Å². The van der Waals surface area contributed by atoms with Crippen molar-refractivity contribution in [3.8, 4) is 0 Å². The molecule has 0 aliphatic carbocycles. The van der Waals surface area contributed by atoms with Crippen LogP contribution in [0.4, 0.5) is 0 Å². The molecule has 0 saturated heterocycles. The number of amides is 1. The number of thiophene rings is 1. The van der Waals surface area contributed by atoms with Crippen molar-refractivity contribution in [3.63, 3.8) is 0 Å². The molecule has 0 bridgehead atoms. The number of sulfonamides is 1. The third-order valence-electron chi connectivity index (χ3n) is 4.19. The van der Waals surface area contributed by atoms with Gasteiger partial charge in [-0.25, -0.2) is 22.0 Å². The van der Waals surface area contributed by atoms with Gasteiger partial charge in [0.15, 0.2) is 9.84 Å². The molecule has 0 radical (unpaired) electrons. The van der Waals surface area contributed by atoms with Crippen molar-refractivity contribution < 1.29 is 21.6 Å². The van der Waals surface area contributed by atoms with Crippen LogP contribution >= 0.6 is 11.3 Å². The normalized spacial score (nSPS) is 18.9. The topological polar surface area (TPSA) is 128 Å². The van der Waals surface area contributed by atoms with Gasteiger partial charge in [-0.05, 0) is 31.5 Å². The van der Waals surface area contributed by atoms with Crippen molar-refractivity contribution in [3.05, 3.63) is 41.7 Å². The Balaban J connectivity index is 2.09. The number of carbonyl (C=O) groups excluding carboxylic acids is 1. The molecule has 1 aliphatic rings. The van der Waals surface area contributed by atoms with E-state index in [-0.39, 0.29) is 26.5 Å². The molecule has 2 aromatic heterocycles. The predicted molar refractivity (Wildman–Crippen MR) is 96.1 cm³/mol. The lowest BCUT2D eigenvalue weighted by Gasteiger charge is -2.33. The number of hydrogen-bond acceptors (Lipinski definition) is 7. The Morgan fingerprint density at radius 1 is 1.38 bits per heavy atom. The zero-order valence-corrected chi connectivity index (χ0v) is 16.3. The number of carbonyl (C=O) groups is 1. The molecule has 2 aromatic rings. The minimum atomic E-state index is -4.03. The smallest absolute Gasteiger partial charge is 0.254 e. The van der Waals surface area contributed by atoms with Crippen LogP contribution in [0.2, 0.25) is 0 Å². The van der Waals surface area contributed by atoms with Crippen LogP contribution in [-0.4, -0.2) is 44.9 Å². The monoisotopic (exact) mass is 415 g/mol. The molecule has 0 fully saturated rings. The standard InChI is InChI=1S/C15H17N3O5S3/c1-2-18(14(19)10-3-6-17-7-4-10)12-5-8-25(20,21)15-11(12)9-13(24-15)26(16,22)23/h3-4,6-7,9,12H,2,5,8H2,1H3,(H2,16,22,23). The molecule has 0 saturated carbocycles. The highest BCUT2D eigenvalue weighted by Gasteiger charge is 2.38. The zero-order valence-electron chi connectivity index (χ0n) is 13.8. The molecule has 1 unspecified atom stereocenters. The molecule has 140 valence electrons. The van der Waals surface area contributed by atoms with Crippen LogP contribution in [0.25, 0.3) is 0 Å². The molecule has 3 heterocycles. The van der Waals surface area contributed by atoms with Crippen LogP contribution < -0.4 is 5.14 Å². The van der Waals surface area contributed by atoms with E-state index in [4.69, 9.17) is 5.14 Å². The number of hydrogen-bond donors (Lipinski definition) is 1. The fraction of sp³-hybridized carbons (Fsp3) is 0.333. The lowest BCUT2D eigenvalue weighted by molar-refractivity contribution is 0.0679. The minimum absolute atomic E-state index is 0.0289. The SMILES string of the molecule is CCN(C(=O)c1ccncc1)C1CCS(=O)(=O)c2sc(S(N)(=O)=O)cc21. The second-order valence-corrected chi connectivity index (χ2v) is 10.9. The Bertz CT molecular complexity index is 1050. The largest absolute Gasteiger partial charge is 0.332 e. The van der Waals surface area contributed by atoms with E-state index in [0.717, 1.165) is 0 Å². The quantitative estimate of drug-likeness (QED) is 0.798. The summed E-state index contributed by atoms with van der Waals surface area (Å²) >= 11 is 0.639. The van der Waals surface area contributed by atoms with Gasteiger partial charge in [0.05, 0.1) is 11.8 Å². The first-order valence-electron chi connectivity index (χ1n) is 7.75. The lowest BCUT2D eigenvalue weighted by Crippen LogP contribution is -2.38. The van der Waals surface area contributed by atoms with Crippen molar-refractivity contribution in [1.82, 2.24) is 9.88 Å². The molecule has 26 heavy (non-hydrogen) atoms. The molecular weight excluding hydrogens is 398 g/mol. The maximum atomic E-state index is 12.9. The molecule has 1 amide bonds. The van der Waals surface area contributed by atoms with Crippen molar-refractivity contribution in [2.45, 2.75) is 27.8 Å². The number of aromatic nitrogens is 1. The van der Waals surface area contributed by atoms with Crippen molar-refractivity contribution >= 4 is 37.1 Å². The Hall–Kier alpha value is -1.82. The first-order valence-corrected chi connectivity index (χ1v) is 11.8. The van der Waals surface area contributed by atoms with Gasteiger partial charge in [0.2, 0.25) is 10.0 Å². The fourth-order valence-electron chi connectivity index (χ4n) is 2.99. The van der Waals surface area contributed by atoms with Gasteiger partial charge >= 0.3 is 0 Å². The van der Waals surface area contributed by atoms with E-state index in [1.807, 2.05) is 0 Å². The average Bonchev–Trinajstić information content (AvgIpc) is 3.05. The highest BCUT2D eigenvalue weighted by atomic mass is 32.3. The van der Waals surface area contributed by atoms with Gasteiger partial charge in [0.25, 0.3) is 5.91 Å². The number of nitrogens with two attached hydrogens (primary N) is 1.